The van der Waals surface area contributed by atoms with Crippen molar-refractivity contribution in [2.75, 3.05) is 26.2 Å². The Bertz CT molecular complexity index is 1030. The SMILES string of the molecule is CC(C)[C@H](NC(=O)c1ccc(O)c(-c2cccc(C(F)(F)F)c2)c1)C(=O)NCCN1CCCCC1. The van der Waals surface area contributed by atoms with Crippen molar-refractivity contribution in [3.63, 3.8) is 0 Å². The van der Waals surface area contributed by atoms with Crippen LogP contribution in [0.4, 0.5) is 13.2 Å². The van der Waals surface area contributed by atoms with Gasteiger partial charge in [-0.05, 0) is 67.7 Å². The molecule has 1 aliphatic heterocycles. The van der Waals surface area contributed by atoms with Crippen molar-refractivity contribution < 1.29 is 27.9 Å². The number of hydrogen-bond acceptors (Lipinski definition) is 4. The number of phenolic OH excluding ortho intramolecular Hbond substituents is 1. The summed E-state index contributed by atoms with van der Waals surface area (Å²) < 4.78 is 39.3. The average Bonchev–Trinajstić information content (AvgIpc) is 2.82. The molecule has 1 saturated heterocycles. The summed E-state index contributed by atoms with van der Waals surface area (Å²) in [5, 5.41) is 15.9. The van der Waals surface area contributed by atoms with E-state index in [1.807, 2.05) is 13.8 Å². The van der Waals surface area contributed by atoms with Crippen LogP contribution in [-0.4, -0.2) is 54.0 Å². The first-order valence-electron chi connectivity index (χ1n) is 11.9. The van der Waals surface area contributed by atoms with E-state index >= 15 is 0 Å². The van der Waals surface area contributed by atoms with Gasteiger partial charge in [0.1, 0.15) is 11.8 Å². The van der Waals surface area contributed by atoms with Crippen LogP contribution in [0.2, 0.25) is 0 Å². The van der Waals surface area contributed by atoms with Gasteiger partial charge in [-0.2, -0.15) is 13.2 Å². The van der Waals surface area contributed by atoms with Crippen molar-refractivity contribution in [2.45, 2.75) is 45.3 Å². The largest absolute Gasteiger partial charge is 0.507 e. The van der Waals surface area contributed by atoms with Crippen molar-refractivity contribution in [1.82, 2.24) is 15.5 Å². The lowest BCUT2D eigenvalue weighted by molar-refractivity contribution is -0.137. The zero-order valence-corrected chi connectivity index (χ0v) is 20.0. The summed E-state index contributed by atoms with van der Waals surface area (Å²) in [5.41, 5.74) is -0.508. The molecule has 35 heavy (non-hydrogen) atoms. The second-order valence-electron chi connectivity index (χ2n) is 9.20. The van der Waals surface area contributed by atoms with Crippen LogP contribution in [0.25, 0.3) is 11.1 Å². The lowest BCUT2D eigenvalue weighted by Crippen LogP contribution is -2.51. The van der Waals surface area contributed by atoms with Gasteiger partial charge in [0.05, 0.1) is 5.56 Å². The number of alkyl halides is 3. The number of halogens is 3. The molecule has 1 heterocycles. The van der Waals surface area contributed by atoms with Crippen LogP contribution in [0.15, 0.2) is 42.5 Å². The monoisotopic (exact) mass is 491 g/mol. The van der Waals surface area contributed by atoms with E-state index in [9.17, 15) is 27.9 Å². The van der Waals surface area contributed by atoms with Gasteiger partial charge in [0.15, 0.2) is 0 Å². The van der Waals surface area contributed by atoms with Crippen molar-refractivity contribution >= 4 is 11.8 Å². The highest BCUT2D eigenvalue weighted by molar-refractivity contribution is 5.99. The molecule has 0 aliphatic carbocycles. The van der Waals surface area contributed by atoms with Crippen LogP contribution in [0.3, 0.4) is 0 Å². The van der Waals surface area contributed by atoms with E-state index in [1.165, 1.54) is 36.8 Å². The predicted octanol–water partition coefficient (Wildman–Crippen LogP) is 4.43. The highest BCUT2D eigenvalue weighted by Crippen LogP contribution is 2.35. The third-order valence-corrected chi connectivity index (χ3v) is 6.17. The highest BCUT2D eigenvalue weighted by Gasteiger charge is 2.31. The maximum absolute atomic E-state index is 13.1. The summed E-state index contributed by atoms with van der Waals surface area (Å²) >= 11 is 0. The lowest BCUT2D eigenvalue weighted by atomic mass is 9.98. The van der Waals surface area contributed by atoms with Gasteiger partial charge < -0.3 is 20.6 Å². The molecule has 0 radical (unpaired) electrons. The van der Waals surface area contributed by atoms with Gasteiger partial charge in [-0.25, -0.2) is 0 Å². The second kappa shape index (κ2) is 11.6. The number of benzene rings is 2. The molecule has 2 aromatic carbocycles. The molecular weight excluding hydrogens is 459 g/mol. The van der Waals surface area contributed by atoms with E-state index in [2.05, 4.69) is 15.5 Å². The Balaban J connectivity index is 1.70. The van der Waals surface area contributed by atoms with Gasteiger partial charge in [-0.3, -0.25) is 9.59 Å². The minimum Gasteiger partial charge on any atom is -0.507 e. The number of likely N-dealkylation sites (tertiary alicyclic amines) is 1. The topological polar surface area (TPSA) is 81.7 Å². The molecule has 2 amide bonds. The first-order chi connectivity index (χ1) is 16.6. The van der Waals surface area contributed by atoms with E-state index in [4.69, 9.17) is 0 Å². The second-order valence-corrected chi connectivity index (χ2v) is 9.20. The fourth-order valence-electron chi connectivity index (χ4n) is 4.16. The molecule has 190 valence electrons. The number of amides is 2. The molecule has 0 unspecified atom stereocenters. The van der Waals surface area contributed by atoms with Crippen LogP contribution < -0.4 is 10.6 Å². The van der Waals surface area contributed by atoms with Crippen molar-refractivity contribution in [3.05, 3.63) is 53.6 Å². The molecule has 1 aliphatic rings. The molecule has 0 saturated carbocycles. The highest BCUT2D eigenvalue weighted by atomic mass is 19.4. The number of rotatable bonds is 8. The maximum Gasteiger partial charge on any atom is 0.416 e. The fraction of sp³-hybridized carbons (Fsp3) is 0.462. The summed E-state index contributed by atoms with van der Waals surface area (Å²) in [6, 6.07) is 7.70. The van der Waals surface area contributed by atoms with Gasteiger partial charge in [0.25, 0.3) is 5.91 Å². The van der Waals surface area contributed by atoms with Crippen LogP contribution in [0, 0.1) is 5.92 Å². The smallest absolute Gasteiger partial charge is 0.416 e. The molecule has 1 atom stereocenters. The molecule has 0 spiro atoms. The molecular formula is C26H32F3N3O3. The van der Waals surface area contributed by atoms with Gasteiger partial charge >= 0.3 is 6.18 Å². The Labute approximate surface area is 203 Å². The van der Waals surface area contributed by atoms with Crippen LogP contribution in [0.5, 0.6) is 5.75 Å². The number of aromatic hydroxyl groups is 1. The molecule has 1 fully saturated rings. The van der Waals surface area contributed by atoms with Gasteiger partial charge in [-0.15, -0.1) is 0 Å². The Morgan fingerprint density at radius 1 is 1.06 bits per heavy atom. The predicted molar refractivity (Wildman–Crippen MR) is 128 cm³/mol. The Morgan fingerprint density at radius 3 is 2.43 bits per heavy atom. The average molecular weight is 492 g/mol. The number of carbonyl (C=O) groups is 2. The molecule has 6 nitrogen and oxygen atoms in total. The molecule has 2 aromatic rings. The van der Waals surface area contributed by atoms with E-state index in [0.717, 1.165) is 44.6 Å². The molecule has 0 aromatic heterocycles. The Kier molecular flexibility index (Phi) is 8.77. The standard InChI is InChI=1S/C26H32F3N3O3/c1-17(2)23(25(35)30-11-14-32-12-4-3-5-13-32)31-24(34)19-9-10-22(33)21(16-19)18-7-6-8-20(15-18)26(27,28)29/h6-10,15-17,23,33H,3-5,11-14H2,1-2H3,(H,30,35)(H,31,34)/t23-/m0/s1. The number of piperidine rings is 1. The minimum atomic E-state index is -4.54. The van der Waals surface area contributed by atoms with E-state index in [1.54, 1.807) is 0 Å². The zero-order chi connectivity index (χ0) is 25.6. The van der Waals surface area contributed by atoms with Crippen molar-refractivity contribution in [3.8, 4) is 16.9 Å². The number of carbonyl (C=O) groups excluding carboxylic acids is 2. The first kappa shape index (κ1) is 26.5. The van der Waals surface area contributed by atoms with Crippen molar-refractivity contribution in [2.24, 2.45) is 5.92 Å². The lowest BCUT2D eigenvalue weighted by Gasteiger charge is -2.27. The van der Waals surface area contributed by atoms with E-state index in [0.29, 0.717) is 6.54 Å². The van der Waals surface area contributed by atoms with Crippen LogP contribution >= 0.6 is 0 Å². The summed E-state index contributed by atoms with van der Waals surface area (Å²) in [7, 11) is 0. The van der Waals surface area contributed by atoms with Gasteiger partial charge in [-0.1, -0.05) is 32.4 Å². The van der Waals surface area contributed by atoms with E-state index in [-0.39, 0.29) is 34.3 Å². The van der Waals surface area contributed by atoms with E-state index < -0.39 is 23.7 Å². The number of hydrogen-bond donors (Lipinski definition) is 3. The summed E-state index contributed by atoms with van der Waals surface area (Å²) in [6.07, 6.45) is -0.981. The quantitative estimate of drug-likeness (QED) is 0.510. The molecule has 3 rings (SSSR count). The zero-order valence-electron chi connectivity index (χ0n) is 20.0. The third-order valence-electron chi connectivity index (χ3n) is 6.17. The minimum absolute atomic E-state index is 0.0934. The van der Waals surface area contributed by atoms with Crippen molar-refractivity contribution in [1.29, 1.82) is 0 Å². The van der Waals surface area contributed by atoms with Gasteiger partial charge in [0, 0.05) is 24.2 Å². The number of phenols is 1. The summed E-state index contributed by atoms with van der Waals surface area (Å²) in [6.45, 7) is 6.92. The first-order valence-corrected chi connectivity index (χ1v) is 11.9. The maximum atomic E-state index is 13.1. The van der Waals surface area contributed by atoms with Crippen LogP contribution in [-0.2, 0) is 11.0 Å². The number of nitrogens with one attached hydrogen (secondary N) is 2. The number of nitrogens with zero attached hydrogens (tertiary/aromatic N) is 1. The molecule has 9 heteroatoms. The normalized spacial score (nSPS) is 15.6. The Hall–Kier alpha value is -3.07. The summed E-state index contributed by atoms with van der Waals surface area (Å²) in [4.78, 5) is 28.0. The van der Waals surface area contributed by atoms with Crippen LogP contribution in [0.1, 0.15) is 49.0 Å². The summed E-state index contributed by atoms with van der Waals surface area (Å²) in [5.74, 6) is -1.28. The molecule has 3 N–H and O–H groups in total. The van der Waals surface area contributed by atoms with Gasteiger partial charge in [0.2, 0.25) is 5.91 Å². The fourth-order valence-corrected chi connectivity index (χ4v) is 4.16. The molecule has 0 bridgehead atoms. The third kappa shape index (κ3) is 7.21. The Morgan fingerprint density at radius 2 is 1.77 bits per heavy atom.